The van der Waals surface area contributed by atoms with Crippen LogP contribution in [0.5, 0.6) is 0 Å². The summed E-state index contributed by atoms with van der Waals surface area (Å²) in [5, 5.41) is 14.6. The number of nitrogens with two attached hydrogens (primary N) is 1. The fourth-order valence-electron chi connectivity index (χ4n) is 1.88. The molecule has 1 aromatic carbocycles. The molecule has 2 aromatic rings. The molecule has 7 nitrogen and oxygen atoms in total. The topological polar surface area (TPSA) is 107 Å². The van der Waals surface area contributed by atoms with Crippen molar-refractivity contribution in [1.29, 1.82) is 0 Å². The van der Waals surface area contributed by atoms with Crippen molar-refractivity contribution in [3.8, 4) is 0 Å². The van der Waals surface area contributed by atoms with Crippen molar-refractivity contribution in [2.45, 2.75) is 25.8 Å². The molecule has 106 valence electrons. The number of nitrogens with zero attached hydrogens (tertiary/aromatic N) is 3. The lowest BCUT2D eigenvalue weighted by Crippen LogP contribution is -2.34. The summed E-state index contributed by atoms with van der Waals surface area (Å²) in [6, 6.07) is 4.78. The zero-order valence-corrected chi connectivity index (χ0v) is 11.5. The second-order valence-corrected chi connectivity index (χ2v) is 5.32. The Morgan fingerprint density at radius 1 is 1.40 bits per heavy atom. The number of aromatic nitrogens is 2. The lowest BCUT2D eigenvalue weighted by molar-refractivity contribution is -0.383. The molecule has 1 aromatic heterocycles. The van der Waals surface area contributed by atoms with Crippen molar-refractivity contribution in [3.63, 3.8) is 0 Å². The van der Waals surface area contributed by atoms with Gasteiger partial charge in [-0.2, -0.15) is 0 Å². The van der Waals surface area contributed by atoms with E-state index in [4.69, 9.17) is 5.73 Å². The largest absolute Gasteiger partial charge is 0.369 e. The number of hydrogen-bond donors (Lipinski definition) is 2. The minimum absolute atomic E-state index is 0.00221. The first-order valence-electron chi connectivity index (χ1n) is 6.29. The van der Waals surface area contributed by atoms with Gasteiger partial charge in [0.1, 0.15) is 17.5 Å². The Hall–Kier alpha value is -2.28. The van der Waals surface area contributed by atoms with E-state index in [9.17, 15) is 10.1 Å². The molecule has 0 aliphatic rings. The van der Waals surface area contributed by atoms with Gasteiger partial charge in [0.25, 0.3) is 5.69 Å². The van der Waals surface area contributed by atoms with Gasteiger partial charge in [0.15, 0.2) is 0 Å². The van der Waals surface area contributed by atoms with Crippen LogP contribution in [-0.2, 0) is 0 Å². The van der Waals surface area contributed by atoms with Gasteiger partial charge in [0, 0.05) is 18.2 Å². The highest BCUT2D eigenvalue weighted by Crippen LogP contribution is 2.29. The molecule has 0 amide bonds. The van der Waals surface area contributed by atoms with E-state index in [-0.39, 0.29) is 11.2 Å². The van der Waals surface area contributed by atoms with Crippen molar-refractivity contribution in [1.82, 2.24) is 9.97 Å². The number of benzene rings is 1. The van der Waals surface area contributed by atoms with Crippen molar-refractivity contribution >= 4 is 22.4 Å². The van der Waals surface area contributed by atoms with Crippen LogP contribution in [-0.4, -0.2) is 27.0 Å². The number of nitro benzene ring substituents is 1. The molecule has 20 heavy (non-hydrogen) atoms. The Morgan fingerprint density at radius 2 is 2.15 bits per heavy atom. The van der Waals surface area contributed by atoms with Crippen molar-refractivity contribution in [2.75, 3.05) is 11.9 Å². The molecule has 0 unspecified atom stereocenters. The number of non-ortho nitro benzene ring substituents is 1. The molecule has 0 aliphatic carbocycles. The summed E-state index contributed by atoms with van der Waals surface area (Å²) in [5.41, 5.74) is 6.15. The Balaban J connectivity index is 2.35. The monoisotopic (exact) mass is 275 g/mol. The third kappa shape index (κ3) is 3.18. The molecule has 2 rings (SSSR count). The molecule has 0 radical (unpaired) electrons. The van der Waals surface area contributed by atoms with Gasteiger partial charge in [-0.3, -0.25) is 10.1 Å². The number of hydrogen-bond acceptors (Lipinski definition) is 6. The quantitative estimate of drug-likeness (QED) is 0.639. The van der Waals surface area contributed by atoms with Gasteiger partial charge in [-0.05, 0) is 26.3 Å². The summed E-state index contributed by atoms with van der Waals surface area (Å²) < 4.78 is 0. The molecule has 0 saturated heterocycles. The smallest absolute Gasteiger partial charge is 0.282 e. The molecular formula is C13H17N5O2. The van der Waals surface area contributed by atoms with Gasteiger partial charge >= 0.3 is 0 Å². The maximum Gasteiger partial charge on any atom is 0.282 e. The molecule has 0 spiro atoms. The summed E-state index contributed by atoms with van der Waals surface area (Å²) in [6.45, 7) is 4.44. The molecule has 7 heteroatoms. The number of nitrogens with one attached hydrogen (secondary N) is 1. The first-order chi connectivity index (χ1) is 9.38. The van der Waals surface area contributed by atoms with Gasteiger partial charge in [0.2, 0.25) is 0 Å². The SMILES string of the molecule is CC(C)(N)CCNc1ncnc2cccc([N+](=O)[O-])c12. The summed E-state index contributed by atoms with van der Waals surface area (Å²) in [4.78, 5) is 18.8. The maximum atomic E-state index is 11.1. The summed E-state index contributed by atoms with van der Waals surface area (Å²) in [7, 11) is 0. The Kier molecular flexibility index (Phi) is 3.80. The molecule has 0 atom stereocenters. The average molecular weight is 275 g/mol. The van der Waals surface area contributed by atoms with Crippen molar-refractivity contribution in [2.24, 2.45) is 5.73 Å². The van der Waals surface area contributed by atoms with E-state index in [0.29, 0.717) is 23.3 Å². The maximum absolute atomic E-state index is 11.1. The van der Waals surface area contributed by atoms with Gasteiger partial charge in [-0.15, -0.1) is 0 Å². The third-order valence-corrected chi connectivity index (χ3v) is 2.90. The lowest BCUT2D eigenvalue weighted by atomic mass is 10.0. The Morgan fingerprint density at radius 3 is 2.80 bits per heavy atom. The molecular weight excluding hydrogens is 258 g/mol. The van der Waals surface area contributed by atoms with Crippen LogP contribution >= 0.6 is 0 Å². The van der Waals surface area contributed by atoms with Gasteiger partial charge in [-0.25, -0.2) is 9.97 Å². The van der Waals surface area contributed by atoms with Gasteiger partial charge < -0.3 is 11.1 Å². The fourth-order valence-corrected chi connectivity index (χ4v) is 1.88. The normalized spacial score (nSPS) is 11.6. The Labute approximate surface area is 116 Å². The van der Waals surface area contributed by atoms with E-state index in [0.717, 1.165) is 6.42 Å². The molecule has 0 bridgehead atoms. The van der Waals surface area contributed by atoms with Crippen LogP contribution in [0.15, 0.2) is 24.5 Å². The highest BCUT2D eigenvalue weighted by Gasteiger charge is 2.17. The molecule has 1 heterocycles. The molecule has 3 N–H and O–H groups in total. The van der Waals surface area contributed by atoms with E-state index in [1.807, 2.05) is 13.8 Å². The molecule has 0 aliphatic heterocycles. The number of fused-ring (bicyclic) bond motifs is 1. The third-order valence-electron chi connectivity index (χ3n) is 2.90. The minimum Gasteiger partial charge on any atom is -0.369 e. The zero-order chi connectivity index (χ0) is 14.8. The van der Waals surface area contributed by atoms with Crippen molar-refractivity contribution < 1.29 is 4.92 Å². The summed E-state index contributed by atoms with van der Waals surface area (Å²) in [5.74, 6) is 0.464. The Bertz CT molecular complexity index is 631. The number of anilines is 1. The van der Waals surface area contributed by atoms with Crippen LogP contribution < -0.4 is 11.1 Å². The van der Waals surface area contributed by atoms with Crippen LogP contribution in [0.2, 0.25) is 0 Å². The molecule has 0 fully saturated rings. The van der Waals surface area contributed by atoms with E-state index >= 15 is 0 Å². The van der Waals surface area contributed by atoms with Crippen LogP contribution in [0, 0.1) is 10.1 Å². The lowest BCUT2D eigenvalue weighted by Gasteiger charge is -2.18. The first kappa shape index (κ1) is 14.1. The van der Waals surface area contributed by atoms with Gasteiger partial charge in [0.05, 0.1) is 10.4 Å². The van der Waals surface area contributed by atoms with Crippen molar-refractivity contribution in [3.05, 3.63) is 34.6 Å². The zero-order valence-electron chi connectivity index (χ0n) is 11.5. The minimum atomic E-state index is -0.427. The second kappa shape index (κ2) is 5.38. The standard InChI is InChI=1S/C13H17N5O2/c1-13(2,14)6-7-15-12-11-9(16-8-17-12)4-3-5-10(11)18(19)20/h3-5,8H,6-7,14H2,1-2H3,(H,15,16,17). The predicted molar refractivity (Wildman–Crippen MR) is 77.6 cm³/mol. The van der Waals surface area contributed by atoms with Crippen LogP contribution in [0.1, 0.15) is 20.3 Å². The number of rotatable bonds is 5. The highest BCUT2D eigenvalue weighted by atomic mass is 16.6. The number of nitro groups is 1. The average Bonchev–Trinajstić information content (AvgIpc) is 2.36. The van der Waals surface area contributed by atoms with E-state index < -0.39 is 4.92 Å². The highest BCUT2D eigenvalue weighted by molar-refractivity contribution is 5.96. The van der Waals surface area contributed by atoms with Gasteiger partial charge in [-0.1, -0.05) is 6.07 Å². The van der Waals surface area contributed by atoms with Crippen LogP contribution in [0.3, 0.4) is 0 Å². The molecule has 0 saturated carbocycles. The summed E-state index contributed by atoms with van der Waals surface area (Å²) in [6.07, 6.45) is 2.11. The fraction of sp³-hybridized carbons (Fsp3) is 0.385. The summed E-state index contributed by atoms with van der Waals surface area (Å²) >= 11 is 0. The van der Waals surface area contributed by atoms with Crippen LogP contribution in [0.4, 0.5) is 11.5 Å². The van der Waals surface area contributed by atoms with E-state index in [2.05, 4.69) is 15.3 Å². The van der Waals surface area contributed by atoms with Crippen LogP contribution in [0.25, 0.3) is 10.9 Å². The second-order valence-electron chi connectivity index (χ2n) is 5.32. The first-order valence-corrected chi connectivity index (χ1v) is 6.29. The van der Waals surface area contributed by atoms with E-state index in [1.165, 1.54) is 12.4 Å². The van der Waals surface area contributed by atoms with E-state index in [1.54, 1.807) is 12.1 Å². The predicted octanol–water partition coefficient (Wildman–Crippen LogP) is 2.08.